The maximum atomic E-state index is 2.60. The molecule has 0 N–H and O–H groups in total. The van der Waals surface area contributed by atoms with E-state index in [0.29, 0.717) is 0 Å². The van der Waals surface area contributed by atoms with E-state index in [1.54, 1.807) is 5.19 Å². The monoisotopic (exact) mass is 772 g/mol. The Morgan fingerprint density at radius 3 is 1.68 bits per heavy atom. The number of hydrogen-bond acceptors (Lipinski definition) is 0. The first kappa shape index (κ1) is 42.3. The van der Waals surface area contributed by atoms with Gasteiger partial charge in [0.05, 0.1) is 0 Å². The van der Waals surface area contributed by atoms with Gasteiger partial charge >= 0.3 is 300 Å². The Morgan fingerprint density at radius 1 is 0.620 bits per heavy atom. The number of fused-ring (bicyclic) bond motifs is 3. The van der Waals surface area contributed by atoms with Gasteiger partial charge in [0.1, 0.15) is 0 Å². The molecule has 1 atom stereocenters. The number of halogens is 3. The average molecular weight is 774 g/mol. The van der Waals surface area contributed by atoms with Crippen LogP contribution in [0.3, 0.4) is 0 Å². The standard InChI is InChI=1S/C45H51Si.3ClH.Ti/c1-11-30-20-31(12-2)22-32(21-30)39-26-40-37-15-13-14-16-38(37)43(33-23-34(44(5,6)7)25-35(24-33)45(8,9)10)41(40)27-42(39)46-36-18-28(3)17-29(4)19-36;;;;/h13-26,43H,11-12,46H2,1-10H3;3*1H;/q;;;;+3/p-3. The number of hydrogen-bond donors (Lipinski definition) is 0. The van der Waals surface area contributed by atoms with Gasteiger partial charge in [0.2, 0.25) is 0 Å². The first-order valence-corrected chi connectivity index (χ1v) is 19.7. The van der Waals surface area contributed by atoms with Crippen LogP contribution < -0.4 is 51.5 Å². The van der Waals surface area contributed by atoms with Gasteiger partial charge in [-0.2, -0.15) is 0 Å². The predicted molar refractivity (Wildman–Crippen MR) is 204 cm³/mol. The van der Waals surface area contributed by atoms with Gasteiger partial charge in [-0.1, -0.05) is 0 Å². The SMILES string of the molecule is CCc1cc(CC)cc(-c2cc3c([c]([Ti+3])c2[SiH2]c2cc(C)cc(C)c2)C(c2cc(C(C)(C)C)cc(C(C)(C)C)c2)c2ccccc2-3)c1.[Cl-].[Cl-].[Cl-]. The zero-order chi connectivity index (χ0) is 33.8. The van der Waals surface area contributed by atoms with Crippen LogP contribution in [0.15, 0.2) is 84.9 Å². The fourth-order valence-electron chi connectivity index (χ4n) is 7.59. The quantitative estimate of drug-likeness (QED) is 0.212. The summed E-state index contributed by atoms with van der Waals surface area (Å²) < 4.78 is 1.50. The van der Waals surface area contributed by atoms with Gasteiger partial charge in [-0.15, -0.1) is 0 Å². The topological polar surface area (TPSA) is 0 Å². The Balaban J connectivity index is 0.00000225. The summed E-state index contributed by atoms with van der Waals surface area (Å²) in [6, 6.07) is 33.9. The zero-order valence-corrected chi connectivity index (χ0v) is 36.7. The molecule has 0 nitrogen and oxygen atoms in total. The Labute approximate surface area is 335 Å². The van der Waals surface area contributed by atoms with E-state index in [9.17, 15) is 0 Å². The molecule has 5 aromatic rings. The molecule has 0 spiro atoms. The third-order valence-corrected chi connectivity index (χ3v) is 13.5. The van der Waals surface area contributed by atoms with Crippen molar-refractivity contribution in [1.82, 2.24) is 0 Å². The smallest absolute Gasteiger partial charge is 1.00 e. The van der Waals surface area contributed by atoms with E-state index >= 15 is 0 Å². The minimum Gasteiger partial charge on any atom is -1.00 e. The summed E-state index contributed by atoms with van der Waals surface area (Å²) in [7, 11) is -0.783. The molecule has 1 aliphatic rings. The van der Waals surface area contributed by atoms with Crippen LogP contribution in [-0.4, -0.2) is 9.52 Å². The van der Waals surface area contributed by atoms with Crippen LogP contribution in [0.5, 0.6) is 0 Å². The van der Waals surface area contributed by atoms with Crippen molar-refractivity contribution in [1.29, 1.82) is 0 Å². The van der Waals surface area contributed by atoms with Crippen LogP contribution in [0.1, 0.15) is 111 Å². The second-order valence-electron chi connectivity index (χ2n) is 16.0. The summed E-state index contributed by atoms with van der Waals surface area (Å²) in [5, 5.41) is 3.14. The van der Waals surface area contributed by atoms with E-state index in [0.717, 1.165) is 12.8 Å². The number of aryl methyl sites for hydroxylation is 4. The van der Waals surface area contributed by atoms with Crippen molar-refractivity contribution in [3.63, 3.8) is 0 Å². The molecule has 1 aliphatic carbocycles. The van der Waals surface area contributed by atoms with Crippen molar-refractivity contribution >= 4 is 23.8 Å². The molecule has 0 saturated carbocycles. The second kappa shape index (κ2) is 16.3. The molecular formula is C45H51Cl3SiTi. The summed E-state index contributed by atoms with van der Waals surface area (Å²) in [4.78, 5) is 0. The Morgan fingerprint density at radius 2 is 1.16 bits per heavy atom. The summed E-state index contributed by atoms with van der Waals surface area (Å²) in [6.45, 7) is 23.2. The van der Waals surface area contributed by atoms with Crippen molar-refractivity contribution in [2.75, 3.05) is 0 Å². The maximum Gasteiger partial charge on any atom is -1.00 e. The third-order valence-electron chi connectivity index (χ3n) is 10.2. The van der Waals surface area contributed by atoms with Crippen molar-refractivity contribution < 1.29 is 57.7 Å². The fourth-order valence-corrected chi connectivity index (χ4v) is 10.8. The molecule has 0 aliphatic heterocycles. The average Bonchev–Trinajstić information content (AvgIpc) is 3.35. The van der Waals surface area contributed by atoms with Crippen LogP contribution in [0.4, 0.5) is 0 Å². The van der Waals surface area contributed by atoms with Gasteiger partial charge in [0.15, 0.2) is 0 Å². The van der Waals surface area contributed by atoms with Crippen molar-refractivity contribution in [2.45, 2.75) is 98.8 Å². The van der Waals surface area contributed by atoms with Crippen LogP contribution in [0, 0.1) is 13.8 Å². The van der Waals surface area contributed by atoms with Gasteiger partial charge in [-0.3, -0.25) is 0 Å². The van der Waals surface area contributed by atoms with Crippen LogP contribution in [-0.2, 0) is 44.1 Å². The van der Waals surface area contributed by atoms with Gasteiger partial charge in [-0.05, 0) is 0 Å². The Hall–Kier alpha value is -2.10. The Bertz CT molecular complexity index is 1920. The van der Waals surface area contributed by atoms with E-state index in [2.05, 4.69) is 175 Å². The van der Waals surface area contributed by atoms with Gasteiger partial charge in [-0.25, -0.2) is 0 Å². The molecule has 0 saturated heterocycles. The van der Waals surface area contributed by atoms with E-state index in [1.807, 2.05) is 0 Å². The van der Waals surface area contributed by atoms with E-state index in [4.69, 9.17) is 0 Å². The van der Waals surface area contributed by atoms with Crippen LogP contribution >= 0.6 is 0 Å². The van der Waals surface area contributed by atoms with E-state index in [1.165, 1.54) is 81.4 Å². The normalized spacial score (nSPS) is 13.7. The zero-order valence-electron chi connectivity index (χ0n) is 31.4. The van der Waals surface area contributed by atoms with Gasteiger partial charge in [0, 0.05) is 0 Å². The molecule has 1 unspecified atom stereocenters. The number of benzene rings is 5. The molecule has 0 aromatic heterocycles. The molecule has 260 valence electrons. The van der Waals surface area contributed by atoms with Gasteiger partial charge < -0.3 is 37.2 Å². The molecule has 50 heavy (non-hydrogen) atoms. The minimum atomic E-state index is -0.783. The Kier molecular flexibility index (Phi) is 13.8. The second-order valence-corrected chi connectivity index (χ2v) is 18.7. The largest absolute Gasteiger partial charge is 1.00 e. The summed E-state index contributed by atoms with van der Waals surface area (Å²) in [6.07, 6.45) is 2.11. The molecule has 5 aromatic carbocycles. The van der Waals surface area contributed by atoms with Gasteiger partial charge in [0.25, 0.3) is 0 Å². The van der Waals surface area contributed by atoms with Crippen molar-refractivity contribution in [2.24, 2.45) is 0 Å². The predicted octanol–water partition coefficient (Wildman–Crippen LogP) is 0.155. The van der Waals surface area contributed by atoms with Crippen molar-refractivity contribution in [3.05, 3.63) is 135 Å². The molecule has 6 rings (SSSR count). The van der Waals surface area contributed by atoms with Crippen LogP contribution in [0.2, 0.25) is 0 Å². The molecule has 0 bridgehead atoms. The molecule has 0 heterocycles. The summed E-state index contributed by atoms with van der Waals surface area (Å²) in [5.41, 5.74) is 18.7. The third kappa shape index (κ3) is 8.41. The molecule has 0 fully saturated rings. The fraction of sp³-hybridized carbons (Fsp3) is 0.333. The van der Waals surface area contributed by atoms with E-state index in [-0.39, 0.29) is 54.0 Å². The van der Waals surface area contributed by atoms with Crippen LogP contribution in [0.25, 0.3) is 22.3 Å². The minimum absolute atomic E-state index is 0. The number of rotatable bonds is 6. The molecule has 5 heteroatoms. The van der Waals surface area contributed by atoms with Crippen molar-refractivity contribution in [3.8, 4) is 22.3 Å². The van der Waals surface area contributed by atoms with E-state index < -0.39 is 9.52 Å². The first-order valence-electron chi connectivity index (χ1n) is 17.5. The first-order chi connectivity index (χ1) is 22.2. The maximum absolute atomic E-state index is 2.60. The molecule has 0 radical (unpaired) electrons. The molecule has 0 amide bonds. The molecular weight excluding hydrogens is 723 g/mol. The summed E-state index contributed by atoms with van der Waals surface area (Å²) in [5.74, 6) is 0.221. The summed E-state index contributed by atoms with van der Waals surface area (Å²) >= 11 is 2.45.